The van der Waals surface area contributed by atoms with Gasteiger partial charge in [-0.2, -0.15) is 0 Å². The van der Waals surface area contributed by atoms with E-state index in [9.17, 15) is 4.79 Å². The average Bonchev–Trinajstić information content (AvgIpc) is 3.10. The molecule has 4 rings (SSSR count). The van der Waals surface area contributed by atoms with E-state index in [2.05, 4.69) is 26.2 Å². The monoisotopic (exact) mass is 428 g/mol. The number of fused-ring (bicyclic) bond motifs is 1. The third kappa shape index (κ3) is 3.36. The van der Waals surface area contributed by atoms with Crippen molar-refractivity contribution in [2.24, 2.45) is 0 Å². The van der Waals surface area contributed by atoms with Crippen molar-refractivity contribution in [2.45, 2.75) is 0 Å². The lowest BCUT2D eigenvalue weighted by atomic mass is 10.1. The molecule has 130 valence electrons. The highest BCUT2D eigenvalue weighted by Crippen LogP contribution is 2.29. The second-order valence-electron chi connectivity index (χ2n) is 5.52. The predicted molar refractivity (Wildman–Crippen MR) is 108 cm³/mol. The van der Waals surface area contributed by atoms with E-state index in [1.165, 1.54) is 11.3 Å². The van der Waals surface area contributed by atoms with Crippen LogP contribution in [0.3, 0.4) is 0 Å². The van der Waals surface area contributed by atoms with Gasteiger partial charge in [0.2, 0.25) is 0 Å². The Hall–Kier alpha value is -2.64. The molecule has 0 saturated heterocycles. The number of nitrogens with one attached hydrogen (secondary N) is 1. The Morgan fingerprint density at radius 3 is 2.92 bits per heavy atom. The minimum atomic E-state index is -0.405. The Labute approximate surface area is 161 Å². The van der Waals surface area contributed by atoms with Crippen molar-refractivity contribution in [2.75, 3.05) is 12.4 Å². The summed E-state index contributed by atoms with van der Waals surface area (Å²) >= 11 is 4.85. The van der Waals surface area contributed by atoms with Crippen LogP contribution < -0.4 is 15.7 Å². The van der Waals surface area contributed by atoms with Crippen molar-refractivity contribution in [1.29, 1.82) is 0 Å². The van der Waals surface area contributed by atoms with Crippen LogP contribution >= 0.6 is 27.3 Å². The summed E-state index contributed by atoms with van der Waals surface area (Å²) in [4.78, 5) is 16.8. The van der Waals surface area contributed by atoms with E-state index < -0.39 is 5.63 Å². The molecule has 0 bridgehead atoms. The first-order valence-corrected chi connectivity index (χ1v) is 9.40. The molecule has 0 aliphatic carbocycles. The number of aromatic nitrogens is 1. The lowest BCUT2D eigenvalue weighted by molar-refractivity contribution is 0.415. The number of thiazole rings is 1. The molecule has 4 aromatic rings. The van der Waals surface area contributed by atoms with Gasteiger partial charge >= 0.3 is 5.63 Å². The zero-order valence-corrected chi connectivity index (χ0v) is 16.1. The molecule has 0 aliphatic heterocycles. The smallest absolute Gasteiger partial charge is 0.345 e. The van der Waals surface area contributed by atoms with Gasteiger partial charge in [0.05, 0.1) is 18.4 Å². The number of ether oxygens (including phenoxy) is 1. The summed E-state index contributed by atoms with van der Waals surface area (Å²) in [5, 5.41) is 6.57. The average molecular weight is 429 g/mol. The van der Waals surface area contributed by atoms with Gasteiger partial charge in [0, 0.05) is 27.0 Å². The summed E-state index contributed by atoms with van der Waals surface area (Å²) in [5.41, 5.74) is 2.02. The standard InChI is InChI=1S/C19H13BrN2O3S/c1-24-14-4-2-3-13(9-14)21-19-22-16(10-26-19)15-8-11-7-12(20)5-6-17(11)25-18(15)23/h2-10H,1H3,(H,21,22). The number of nitrogens with zero attached hydrogens (tertiary/aromatic N) is 1. The molecule has 0 aliphatic rings. The third-order valence-electron chi connectivity index (χ3n) is 3.80. The van der Waals surface area contributed by atoms with Crippen LogP contribution in [-0.2, 0) is 0 Å². The Balaban J connectivity index is 1.68. The number of benzene rings is 2. The highest BCUT2D eigenvalue weighted by molar-refractivity contribution is 9.10. The minimum Gasteiger partial charge on any atom is -0.497 e. The molecule has 0 unspecified atom stereocenters. The zero-order chi connectivity index (χ0) is 18.1. The van der Waals surface area contributed by atoms with Crippen LogP contribution in [0.2, 0.25) is 0 Å². The van der Waals surface area contributed by atoms with Crippen molar-refractivity contribution in [3.8, 4) is 17.0 Å². The van der Waals surface area contributed by atoms with Crippen LogP contribution in [0.1, 0.15) is 0 Å². The first-order chi connectivity index (χ1) is 12.6. The zero-order valence-electron chi connectivity index (χ0n) is 13.7. The Bertz CT molecular complexity index is 1150. The lowest BCUT2D eigenvalue weighted by Crippen LogP contribution is -2.03. The van der Waals surface area contributed by atoms with Gasteiger partial charge in [-0.3, -0.25) is 0 Å². The molecular formula is C19H13BrN2O3S. The quantitative estimate of drug-likeness (QED) is 0.438. The summed E-state index contributed by atoms with van der Waals surface area (Å²) < 4.78 is 11.5. The maximum Gasteiger partial charge on any atom is 0.345 e. The van der Waals surface area contributed by atoms with Crippen LogP contribution in [-0.4, -0.2) is 12.1 Å². The fourth-order valence-corrected chi connectivity index (χ4v) is 3.66. The molecular weight excluding hydrogens is 416 g/mol. The van der Waals surface area contributed by atoms with Crippen LogP contribution in [0.15, 0.2) is 67.6 Å². The molecule has 0 spiro atoms. The van der Waals surface area contributed by atoms with E-state index in [-0.39, 0.29) is 0 Å². The Morgan fingerprint density at radius 2 is 2.08 bits per heavy atom. The van der Waals surface area contributed by atoms with Crippen LogP contribution in [0, 0.1) is 0 Å². The van der Waals surface area contributed by atoms with Gasteiger partial charge in [-0.1, -0.05) is 22.0 Å². The molecule has 0 radical (unpaired) electrons. The number of hydrogen-bond acceptors (Lipinski definition) is 6. The first-order valence-electron chi connectivity index (χ1n) is 7.73. The molecule has 0 fully saturated rings. The molecule has 7 heteroatoms. The van der Waals surface area contributed by atoms with Gasteiger partial charge in [0.15, 0.2) is 5.13 Å². The van der Waals surface area contributed by atoms with Gasteiger partial charge in [0.25, 0.3) is 0 Å². The number of hydrogen-bond donors (Lipinski definition) is 1. The molecule has 2 heterocycles. The van der Waals surface area contributed by atoms with Gasteiger partial charge in [-0.15, -0.1) is 11.3 Å². The lowest BCUT2D eigenvalue weighted by Gasteiger charge is -2.04. The molecule has 0 amide bonds. The molecule has 0 atom stereocenters. The van der Waals surface area contributed by atoms with Crippen molar-refractivity contribution in [3.05, 3.63) is 68.8 Å². The second-order valence-corrected chi connectivity index (χ2v) is 7.30. The van der Waals surface area contributed by atoms with Crippen molar-refractivity contribution in [3.63, 3.8) is 0 Å². The normalized spacial score (nSPS) is 10.8. The summed E-state index contributed by atoms with van der Waals surface area (Å²) in [6.07, 6.45) is 0. The van der Waals surface area contributed by atoms with Gasteiger partial charge in [-0.25, -0.2) is 9.78 Å². The van der Waals surface area contributed by atoms with Crippen molar-refractivity contribution >= 4 is 49.1 Å². The van der Waals surface area contributed by atoms with E-state index in [0.29, 0.717) is 22.0 Å². The fraction of sp³-hybridized carbons (Fsp3) is 0.0526. The van der Waals surface area contributed by atoms with Crippen LogP contribution in [0.25, 0.3) is 22.2 Å². The van der Waals surface area contributed by atoms with E-state index in [0.717, 1.165) is 21.3 Å². The predicted octanol–water partition coefficient (Wildman–Crippen LogP) is 5.43. The third-order valence-corrected chi connectivity index (χ3v) is 5.05. The molecule has 26 heavy (non-hydrogen) atoms. The van der Waals surface area contributed by atoms with E-state index in [1.54, 1.807) is 19.2 Å². The highest BCUT2D eigenvalue weighted by Gasteiger charge is 2.12. The first kappa shape index (κ1) is 16.8. The minimum absolute atomic E-state index is 0.405. The fourth-order valence-electron chi connectivity index (χ4n) is 2.55. The highest BCUT2D eigenvalue weighted by atomic mass is 79.9. The largest absolute Gasteiger partial charge is 0.497 e. The molecule has 1 N–H and O–H groups in total. The number of rotatable bonds is 4. The Morgan fingerprint density at radius 1 is 1.19 bits per heavy atom. The van der Waals surface area contributed by atoms with Gasteiger partial charge in [-0.05, 0) is 36.4 Å². The summed E-state index contributed by atoms with van der Waals surface area (Å²) in [6.45, 7) is 0. The Kier molecular flexibility index (Phi) is 4.48. The summed E-state index contributed by atoms with van der Waals surface area (Å²) in [7, 11) is 1.62. The number of halogens is 1. The topological polar surface area (TPSA) is 64.4 Å². The number of methoxy groups -OCH3 is 1. The van der Waals surface area contributed by atoms with Crippen molar-refractivity contribution in [1.82, 2.24) is 4.98 Å². The molecule has 0 saturated carbocycles. The SMILES string of the molecule is COc1cccc(Nc2nc(-c3cc4cc(Br)ccc4oc3=O)cs2)c1. The summed E-state index contributed by atoms with van der Waals surface area (Å²) in [5.74, 6) is 0.757. The van der Waals surface area contributed by atoms with E-state index in [4.69, 9.17) is 9.15 Å². The van der Waals surface area contributed by atoms with E-state index in [1.807, 2.05) is 41.8 Å². The molecule has 2 aromatic heterocycles. The van der Waals surface area contributed by atoms with Crippen LogP contribution in [0.5, 0.6) is 5.75 Å². The molecule has 2 aromatic carbocycles. The van der Waals surface area contributed by atoms with Gasteiger partial charge in [0.1, 0.15) is 11.3 Å². The maximum atomic E-state index is 12.3. The summed E-state index contributed by atoms with van der Waals surface area (Å²) in [6, 6.07) is 14.9. The van der Waals surface area contributed by atoms with Crippen molar-refractivity contribution < 1.29 is 9.15 Å². The maximum absolute atomic E-state index is 12.3. The van der Waals surface area contributed by atoms with Crippen LogP contribution in [0.4, 0.5) is 10.8 Å². The molecule has 5 nitrogen and oxygen atoms in total. The van der Waals surface area contributed by atoms with E-state index >= 15 is 0 Å². The van der Waals surface area contributed by atoms with Gasteiger partial charge < -0.3 is 14.5 Å². The second kappa shape index (κ2) is 6.93. The number of anilines is 2.